The van der Waals surface area contributed by atoms with Gasteiger partial charge in [0.25, 0.3) is 5.56 Å². The smallest absolute Gasteiger partial charge is 0.368 e. The minimum atomic E-state index is -0.787. The number of fused-ring (bicyclic) bond motifs is 1. The van der Waals surface area contributed by atoms with E-state index in [0.29, 0.717) is 18.2 Å². The number of benzene rings is 2. The van der Waals surface area contributed by atoms with Crippen molar-refractivity contribution >= 4 is 11.2 Å². The topological polar surface area (TPSA) is 135 Å². The molecular weight excluding hydrogens is 488 g/mol. The molecule has 0 aliphatic heterocycles. The largest absolute Gasteiger partial charge is 0.411 e. The number of hydrogen-bond acceptors (Lipinski definition) is 8. The molecule has 0 spiro atoms. The van der Waals surface area contributed by atoms with Gasteiger partial charge in [0.1, 0.15) is 19.2 Å². The zero-order valence-corrected chi connectivity index (χ0v) is 21.7. The van der Waals surface area contributed by atoms with Crippen LogP contribution in [0.5, 0.6) is 0 Å². The minimum Gasteiger partial charge on any atom is -0.411 e. The van der Waals surface area contributed by atoms with Gasteiger partial charge < -0.3 is 14.1 Å². The molecule has 5 aromatic rings. The fourth-order valence-electron chi connectivity index (χ4n) is 4.57. The van der Waals surface area contributed by atoms with Crippen LogP contribution in [0, 0.1) is 0 Å². The SMILES string of the molecule is COC(C)n1c(=O)c2c(nc(C(C)C)n2Cc2ccc(-c3ccccc3-c3nn[nH]n3)cc2)n(OC)c1=O. The Bertz CT molecular complexity index is 1700. The highest BCUT2D eigenvalue weighted by atomic mass is 16.7. The molecule has 0 bridgehead atoms. The molecule has 0 fully saturated rings. The van der Waals surface area contributed by atoms with Gasteiger partial charge in [-0.15, -0.1) is 14.9 Å². The summed E-state index contributed by atoms with van der Waals surface area (Å²) in [5.74, 6) is 1.16. The molecule has 0 radical (unpaired) electrons. The van der Waals surface area contributed by atoms with Crippen LogP contribution in [-0.2, 0) is 11.3 Å². The van der Waals surface area contributed by atoms with Crippen LogP contribution in [0.3, 0.4) is 0 Å². The molecule has 12 heteroatoms. The Morgan fingerprint density at radius 1 is 0.974 bits per heavy atom. The van der Waals surface area contributed by atoms with Gasteiger partial charge in [-0.25, -0.2) is 14.3 Å². The summed E-state index contributed by atoms with van der Waals surface area (Å²) in [5.41, 5.74) is 3.08. The number of hydrogen-bond donors (Lipinski definition) is 1. The standard InChI is InChI=1S/C26H28N8O4/c1-15(2)23-27-24-21(25(35)33(16(3)37-4)26(36)34(24)38-5)32(23)14-17-10-12-18(13-11-17)19-8-6-7-9-20(19)22-28-30-31-29-22/h6-13,15-16H,14H2,1-5H3,(H,28,29,30,31). The van der Waals surface area contributed by atoms with Crippen LogP contribution in [0.2, 0.25) is 0 Å². The lowest BCUT2D eigenvalue weighted by Crippen LogP contribution is -2.44. The fraction of sp³-hybridized carbons (Fsp3) is 0.308. The van der Waals surface area contributed by atoms with Crippen LogP contribution < -0.4 is 16.1 Å². The summed E-state index contributed by atoms with van der Waals surface area (Å²) in [5, 5.41) is 14.4. The Hall–Kier alpha value is -4.58. The molecule has 1 N–H and O–H groups in total. The number of nitrogens with zero attached hydrogens (tertiary/aromatic N) is 7. The predicted molar refractivity (Wildman–Crippen MR) is 141 cm³/mol. The summed E-state index contributed by atoms with van der Waals surface area (Å²) in [7, 11) is 2.81. The first-order valence-corrected chi connectivity index (χ1v) is 12.1. The lowest BCUT2D eigenvalue weighted by Gasteiger charge is -2.16. The third kappa shape index (κ3) is 4.18. The van der Waals surface area contributed by atoms with Gasteiger partial charge in [0.05, 0.1) is 0 Å². The zero-order chi connectivity index (χ0) is 27.0. The van der Waals surface area contributed by atoms with Gasteiger partial charge >= 0.3 is 5.69 Å². The Morgan fingerprint density at radius 2 is 1.68 bits per heavy atom. The summed E-state index contributed by atoms with van der Waals surface area (Å²) >= 11 is 0. The van der Waals surface area contributed by atoms with E-state index in [1.54, 1.807) is 6.92 Å². The third-order valence-corrected chi connectivity index (χ3v) is 6.49. The Labute approximate surface area is 217 Å². The molecule has 0 saturated heterocycles. The van der Waals surface area contributed by atoms with Gasteiger partial charge in [0, 0.05) is 25.1 Å². The van der Waals surface area contributed by atoms with E-state index in [-0.39, 0.29) is 17.1 Å². The van der Waals surface area contributed by atoms with Crippen molar-refractivity contribution in [2.45, 2.75) is 39.5 Å². The highest BCUT2D eigenvalue weighted by Crippen LogP contribution is 2.30. The Kier molecular flexibility index (Phi) is 6.64. The van der Waals surface area contributed by atoms with Crippen molar-refractivity contribution < 1.29 is 9.57 Å². The van der Waals surface area contributed by atoms with Crippen LogP contribution in [-0.4, -0.2) is 53.7 Å². The molecule has 3 aromatic heterocycles. The minimum absolute atomic E-state index is 0.0170. The Morgan fingerprint density at radius 3 is 2.29 bits per heavy atom. The number of nitrogens with one attached hydrogen (secondary N) is 1. The van der Waals surface area contributed by atoms with Crippen molar-refractivity contribution in [1.82, 2.24) is 39.5 Å². The number of aromatic amines is 1. The fourth-order valence-corrected chi connectivity index (χ4v) is 4.57. The van der Waals surface area contributed by atoms with Crippen molar-refractivity contribution in [2.75, 3.05) is 14.2 Å². The second-order valence-corrected chi connectivity index (χ2v) is 9.13. The second kappa shape index (κ2) is 10.1. The first-order valence-electron chi connectivity index (χ1n) is 12.1. The number of rotatable bonds is 8. The van der Waals surface area contributed by atoms with E-state index in [2.05, 4.69) is 25.6 Å². The molecule has 0 aliphatic carbocycles. The average Bonchev–Trinajstić information content (AvgIpc) is 3.58. The van der Waals surface area contributed by atoms with E-state index < -0.39 is 17.5 Å². The van der Waals surface area contributed by atoms with Crippen molar-refractivity contribution in [2.24, 2.45) is 0 Å². The lowest BCUT2D eigenvalue weighted by atomic mass is 9.98. The molecule has 0 aliphatic rings. The van der Waals surface area contributed by atoms with Crippen molar-refractivity contribution in [3.63, 3.8) is 0 Å². The zero-order valence-electron chi connectivity index (χ0n) is 21.7. The van der Waals surface area contributed by atoms with E-state index in [1.807, 2.05) is 66.9 Å². The molecule has 2 aromatic carbocycles. The molecule has 1 unspecified atom stereocenters. The predicted octanol–water partition coefficient (Wildman–Crippen LogP) is 2.60. The van der Waals surface area contributed by atoms with Crippen LogP contribution in [0.15, 0.2) is 58.1 Å². The molecule has 196 valence electrons. The van der Waals surface area contributed by atoms with Crippen LogP contribution >= 0.6 is 0 Å². The molecule has 0 amide bonds. The quantitative estimate of drug-likeness (QED) is 0.333. The molecule has 38 heavy (non-hydrogen) atoms. The van der Waals surface area contributed by atoms with Gasteiger partial charge in [0.2, 0.25) is 11.5 Å². The van der Waals surface area contributed by atoms with Gasteiger partial charge in [-0.3, -0.25) is 4.79 Å². The molecule has 1 atom stereocenters. The number of H-pyrrole nitrogens is 1. The highest BCUT2D eigenvalue weighted by Gasteiger charge is 2.25. The summed E-state index contributed by atoms with van der Waals surface area (Å²) in [6.45, 7) is 5.97. The lowest BCUT2D eigenvalue weighted by molar-refractivity contribution is 0.0456. The maximum absolute atomic E-state index is 13.6. The van der Waals surface area contributed by atoms with E-state index in [4.69, 9.17) is 9.57 Å². The van der Waals surface area contributed by atoms with Crippen LogP contribution in [0.1, 0.15) is 44.3 Å². The van der Waals surface area contributed by atoms with Gasteiger partial charge in [-0.05, 0) is 28.8 Å². The van der Waals surface area contributed by atoms with Crippen LogP contribution in [0.25, 0.3) is 33.7 Å². The monoisotopic (exact) mass is 516 g/mol. The number of ether oxygens (including phenoxy) is 1. The van der Waals surface area contributed by atoms with Crippen molar-refractivity contribution in [3.05, 3.63) is 80.8 Å². The molecule has 3 heterocycles. The van der Waals surface area contributed by atoms with Crippen molar-refractivity contribution in [1.29, 1.82) is 0 Å². The Balaban J connectivity index is 1.61. The number of aromatic nitrogens is 8. The van der Waals surface area contributed by atoms with Gasteiger partial charge in [-0.2, -0.15) is 5.21 Å². The average molecular weight is 517 g/mol. The first kappa shape index (κ1) is 25.1. The number of methoxy groups -OCH3 is 1. The maximum Gasteiger partial charge on any atom is 0.368 e. The van der Waals surface area contributed by atoms with E-state index in [1.165, 1.54) is 14.2 Å². The van der Waals surface area contributed by atoms with E-state index in [0.717, 1.165) is 31.6 Å². The molecular formula is C26H28N8O4. The van der Waals surface area contributed by atoms with E-state index >= 15 is 0 Å². The highest BCUT2D eigenvalue weighted by molar-refractivity contribution is 5.80. The molecule has 5 rings (SSSR count). The van der Waals surface area contributed by atoms with Crippen molar-refractivity contribution in [3.8, 4) is 22.5 Å². The summed E-state index contributed by atoms with van der Waals surface area (Å²) in [6.07, 6.45) is -0.787. The first-order chi connectivity index (χ1) is 18.3. The summed E-state index contributed by atoms with van der Waals surface area (Å²) < 4.78 is 9.21. The van der Waals surface area contributed by atoms with E-state index in [9.17, 15) is 9.59 Å². The van der Waals surface area contributed by atoms with Crippen LogP contribution in [0.4, 0.5) is 0 Å². The number of imidazole rings is 1. The van der Waals surface area contributed by atoms with Gasteiger partial charge in [0.15, 0.2) is 5.52 Å². The third-order valence-electron chi connectivity index (χ3n) is 6.49. The normalized spacial score (nSPS) is 12.4. The second-order valence-electron chi connectivity index (χ2n) is 9.13. The summed E-state index contributed by atoms with van der Waals surface area (Å²) in [6, 6.07) is 15.9. The maximum atomic E-state index is 13.6. The summed E-state index contributed by atoms with van der Waals surface area (Å²) in [4.78, 5) is 36.6. The number of tetrazole rings is 1. The molecule has 0 saturated carbocycles. The van der Waals surface area contributed by atoms with Gasteiger partial charge in [-0.1, -0.05) is 62.4 Å². The molecule has 12 nitrogen and oxygen atoms in total.